The van der Waals surface area contributed by atoms with Gasteiger partial charge >= 0.3 is 6.03 Å². The molecule has 0 aliphatic carbocycles. The van der Waals surface area contributed by atoms with Gasteiger partial charge in [-0.25, -0.2) is 9.18 Å². The molecule has 0 bridgehead atoms. The number of carbonyl (C=O) groups is 2. The number of benzene rings is 1. The molecule has 2 fully saturated rings. The van der Waals surface area contributed by atoms with Crippen LogP contribution < -0.4 is 16.4 Å². The standard InChI is InChI=1S/C32H36FN7O2S/c1-20(41)40-18-26(19-40)38-32(42)37-25-6-5-22(27(33)14-25)3-4-23-8-11-35-29-15-30(43-31(23)29)28-7-2-21(16-36-28)17-39-12-9-24(34)10-13-39/h2,5-8,11,14-16,24,26H,3-4,9-10,12-13,17-19,34H2,1H3,(H2,37,38,42). The molecular formula is C32H36FN7O2S. The minimum Gasteiger partial charge on any atom is -0.339 e. The third-order valence-corrected chi connectivity index (χ3v) is 9.47. The second-order valence-electron chi connectivity index (χ2n) is 11.5. The van der Waals surface area contributed by atoms with Crippen LogP contribution in [0.1, 0.15) is 36.5 Å². The van der Waals surface area contributed by atoms with Crippen molar-refractivity contribution in [3.05, 3.63) is 77.4 Å². The summed E-state index contributed by atoms with van der Waals surface area (Å²) in [6.45, 7) is 5.42. The quantitative estimate of drug-likeness (QED) is 0.273. The van der Waals surface area contributed by atoms with Gasteiger partial charge in [-0.3, -0.25) is 19.7 Å². The van der Waals surface area contributed by atoms with Gasteiger partial charge in [0.25, 0.3) is 0 Å². The number of nitrogens with one attached hydrogen (secondary N) is 2. The summed E-state index contributed by atoms with van der Waals surface area (Å²) in [4.78, 5) is 38.0. The molecule has 43 heavy (non-hydrogen) atoms. The number of rotatable bonds is 8. The fraction of sp³-hybridized carbons (Fsp3) is 0.375. The second kappa shape index (κ2) is 12.7. The average molecular weight is 602 g/mol. The zero-order valence-corrected chi connectivity index (χ0v) is 25.0. The monoisotopic (exact) mass is 601 g/mol. The third kappa shape index (κ3) is 7.01. The number of amides is 3. The number of pyridine rings is 2. The number of anilines is 1. The van der Waals surface area contributed by atoms with Crippen LogP contribution in [0.3, 0.4) is 0 Å². The van der Waals surface area contributed by atoms with Gasteiger partial charge in [-0.05, 0) is 85.8 Å². The number of halogens is 1. The molecule has 0 unspecified atom stereocenters. The van der Waals surface area contributed by atoms with Crippen LogP contribution >= 0.6 is 11.3 Å². The number of thiophene rings is 1. The zero-order chi connectivity index (χ0) is 29.9. The molecule has 0 saturated carbocycles. The summed E-state index contributed by atoms with van der Waals surface area (Å²) in [5.74, 6) is -0.377. The van der Waals surface area contributed by atoms with Gasteiger partial charge in [-0.15, -0.1) is 11.3 Å². The second-order valence-corrected chi connectivity index (χ2v) is 12.5. The maximum Gasteiger partial charge on any atom is 0.319 e. The molecule has 0 atom stereocenters. The summed E-state index contributed by atoms with van der Waals surface area (Å²) in [6, 6.07) is 12.9. The van der Waals surface area contributed by atoms with Crippen LogP contribution in [0.5, 0.6) is 0 Å². The number of hydrogen-bond acceptors (Lipinski definition) is 7. The van der Waals surface area contributed by atoms with Crippen LogP contribution in [0.25, 0.3) is 20.8 Å². The Hall–Kier alpha value is -3.93. The van der Waals surface area contributed by atoms with Crippen LogP contribution in [0, 0.1) is 5.82 Å². The van der Waals surface area contributed by atoms with Gasteiger partial charge in [0.1, 0.15) is 5.82 Å². The molecule has 224 valence electrons. The lowest BCUT2D eigenvalue weighted by Crippen LogP contribution is -2.61. The van der Waals surface area contributed by atoms with Gasteiger partial charge < -0.3 is 21.3 Å². The van der Waals surface area contributed by atoms with Crippen LogP contribution in [0.2, 0.25) is 0 Å². The minimum atomic E-state index is -0.413. The first kappa shape index (κ1) is 29.2. The van der Waals surface area contributed by atoms with Crippen LogP contribution in [0.4, 0.5) is 14.9 Å². The number of hydrogen-bond donors (Lipinski definition) is 3. The number of likely N-dealkylation sites (tertiary alicyclic amines) is 2. The molecule has 11 heteroatoms. The maximum absolute atomic E-state index is 15.0. The van der Waals surface area contributed by atoms with Gasteiger partial charge in [0.15, 0.2) is 0 Å². The lowest BCUT2D eigenvalue weighted by atomic mass is 10.0. The number of fused-ring (bicyclic) bond motifs is 1. The van der Waals surface area contributed by atoms with Gasteiger partial charge in [-0.2, -0.15) is 0 Å². The van der Waals surface area contributed by atoms with Crippen molar-refractivity contribution in [2.24, 2.45) is 5.73 Å². The maximum atomic E-state index is 15.0. The Morgan fingerprint density at radius 2 is 1.84 bits per heavy atom. The summed E-state index contributed by atoms with van der Waals surface area (Å²) in [5, 5.41) is 5.48. The van der Waals surface area contributed by atoms with Crippen molar-refractivity contribution in [1.82, 2.24) is 25.1 Å². The molecule has 3 amide bonds. The van der Waals surface area contributed by atoms with E-state index in [1.807, 2.05) is 12.3 Å². The molecule has 2 saturated heterocycles. The van der Waals surface area contributed by atoms with E-state index in [2.05, 4.69) is 38.7 Å². The molecule has 5 heterocycles. The Morgan fingerprint density at radius 3 is 2.56 bits per heavy atom. The number of nitrogens with two attached hydrogens (primary N) is 1. The highest BCUT2D eigenvalue weighted by molar-refractivity contribution is 7.22. The summed E-state index contributed by atoms with van der Waals surface area (Å²) >= 11 is 1.66. The predicted molar refractivity (Wildman–Crippen MR) is 167 cm³/mol. The first-order valence-corrected chi connectivity index (χ1v) is 15.5. The number of nitrogens with zero attached hydrogens (tertiary/aromatic N) is 4. The van der Waals surface area contributed by atoms with Crippen molar-refractivity contribution in [3.8, 4) is 10.6 Å². The van der Waals surface area contributed by atoms with Crippen molar-refractivity contribution < 1.29 is 14.0 Å². The van der Waals surface area contributed by atoms with E-state index < -0.39 is 6.03 Å². The molecule has 1 aromatic carbocycles. The highest BCUT2D eigenvalue weighted by atomic mass is 32.1. The normalized spacial score (nSPS) is 16.3. The Balaban J connectivity index is 1.06. The van der Waals surface area contributed by atoms with E-state index in [0.29, 0.717) is 43.2 Å². The molecule has 0 spiro atoms. The molecule has 2 aliphatic rings. The van der Waals surface area contributed by atoms with Gasteiger partial charge in [0, 0.05) is 50.7 Å². The van der Waals surface area contributed by atoms with E-state index in [1.165, 1.54) is 18.6 Å². The number of urea groups is 1. The smallest absolute Gasteiger partial charge is 0.319 e. The summed E-state index contributed by atoms with van der Waals surface area (Å²) < 4.78 is 16.1. The molecule has 6 rings (SSSR count). The Kier molecular flexibility index (Phi) is 8.64. The Labute approximate surface area is 254 Å². The van der Waals surface area contributed by atoms with E-state index in [1.54, 1.807) is 34.6 Å². The van der Waals surface area contributed by atoms with Crippen LogP contribution in [-0.4, -0.2) is 70.0 Å². The van der Waals surface area contributed by atoms with E-state index in [4.69, 9.17) is 10.7 Å². The zero-order valence-electron chi connectivity index (χ0n) is 24.2. The fourth-order valence-corrected chi connectivity index (χ4v) is 6.76. The average Bonchev–Trinajstić information content (AvgIpc) is 3.41. The van der Waals surface area contributed by atoms with Gasteiger partial charge in [0.05, 0.1) is 26.8 Å². The first-order valence-electron chi connectivity index (χ1n) is 14.7. The molecule has 4 N–H and O–H groups in total. The molecule has 4 aromatic rings. The Bertz CT molecular complexity index is 1610. The lowest BCUT2D eigenvalue weighted by molar-refractivity contribution is -0.133. The number of aromatic nitrogens is 2. The van der Waals surface area contributed by atoms with Crippen LogP contribution in [-0.2, 0) is 24.2 Å². The van der Waals surface area contributed by atoms with Crippen LogP contribution in [0.15, 0.2) is 54.9 Å². The SMILES string of the molecule is CC(=O)N1CC(NC(=O)Nc2ccc(CCc3ccnc4cc(-c5ccc(CN6CCC(N)CC6)cn5)sc34)c(F)c2)C1. The van der Waals surface area contributed by atoms with Gasteiger partial charge in [-0.1, -0.05) is 12.1 Å². The van der Waals surface area contributed by atoms with Crippen molar-refractivity contribution in [2.75, 3.05) is 31.5 Å². The topological polar surface area (TPSA) is 116 Å². The fourth-order valence-electron chi connectivity index (χ4n) is 5.62. The first-order chi connectivity index (χ1) is 20.8. The number of piperidine rings is 1. The molecular weight excluding hydrogens is 565 g/mol. The van der Waals surface area contributed by atoms with Crippen molar-refractivity contribution in [3.63, 3.8) is 0 Å². The molecule has 3 aromatic heterocycles. The third-order valence-electron chi connectivity index (χ3n) is 8.25. The molecule has 0 radical (unpaired) electrons. The highest BCUT2D eigenvalue weighted by Gasteiger charge is 2.29. The van der Waals surface area contributed by atoms with Crippen molar-refractivity contribution in [2.45, 2.75) is 51.2 Å². The Morgan fingerprint density at radius 1 is 1.05 bits per heavy atom. The predicted octanol–water partition coefficient (Wildman–Crippen LogP) is 4.56. The van der Waals surface area contributed by atoms with Gasteiger partial charge in [0.2, 0.25) is 5.91 Å². The van der Waals surface area contributed by atoms with Crippen molar-refractivity contribution >= 4 is 39.2 Å². The highest BCUT2D eigenvalue weighted by Crippen LogP contribution is 2.34. The van der Waals surface area contributed by atoms with Crippen molar-refractivity contribution in [1.29, 1.82) is 0 Å². The number of aryl methyl sites for hydroxylation is 2. The molecule has 2 aliphatic heterocycles. The van der Waals surface area contributed by atoms with E-state index in [-0.39, 0.29) is 17.8 Å². The van der Waals surface area contributed by atoms with E-state index in [0.717, 1.165) is 58.8 Å². The number of carbonyl (C=O) groups excluding carboxylic acids is 2. The lowest BCUT2D eigenvalue weighted by Gasteiger charge is -2.38. The minimum absolute atomic E-state index is 0.0138. The summed E-state index contributed by atoms with van der Waals surface area (Å²) in [6.07, 6.45) is 7.02. The summed E-state index contributed by atoms with van der Waals surface area (Å²) in [5.41, 5.74) is 11.1. The summed E-state index contributed by atoms with van der Waals surface area (Å²) in [7, 11) is 0. The van der Waals surface area contributed by atoms with E-state index in [9.17, 15) is 14.0 Å². The van der Waals surface area contributed by atoms with E-state index >= 15 is 0 Å². The molecule has 9 nitrogen and oxygen atoms in total. The largest absolute Gasteiger partial charge is 0.339 e.